The maximum absolute atomic E-state index is 13.1. The number of hydrogen-bond donors (Lipinski definition) is 0. The second-order valence-electron chi connectivity index (χ2n) is 6.66. The van der Waals surface area contributed by atoms with Crippen LogP contribution in [0.25, 0.3) is 0 Å². The number of rotatable bonds is 1. The Labute approximate surface area is 136 Å². The molecule has 2 heterocycles. The van der Waals surface area contributed by atoms with Gasteiger partial charge in [-0.05, 0) is 31.5 Å². The topological polar surface area (TPSA) is 42.0 Å². The van der Waals surface area contributed by atoms with E-state index in [9.17, 15) is 9.18 Å². The maximum Gasteiger partial charge on any atom is 0.320 e. The number of morpholine rings is 2. The van der Waals surface area contributed by atoms with Gasteiger partial charge in [-0.15, -0.1) is 0 Å². The van der Waals surface area contributed by atoms with E-state index in [-0.39, 0.29) is 23.5 Å². The summed E-state index contributed by atoms with van der Waals surface area (Å²) < 4.78 is 24.3. The van der Waals surface area contributed by atoms with Crippen LogP contribution in [0.3, 0.4) is 0 Å². The Morgan fingerprint density at radius 2 is 1.87 bits per heavy atom. The normalized spacial score (nSPS) is 24.6. The molecule has 2 aliphatic heterocycles. The van der Waals surface area contributed by atoms with Crippen molar-refractivity contribution in [3.8, 4) is 0 Å². The van der Waals surface area contributed by atoms with E-state index in [0.717, 1.165) is 5.56 Å². The van der Waals surface area contributed by atoms with E-state index in [2.05, 4.69) is 0 Å². The van der Waals surface area contributed by atoms with E-state index in [1.165, 1.54) is 12.1 Å². The van der Waals surface area contributed by atoms with Crippen molar-refractivity contribution in [2.75, 3.05) is 39.5 Å². The minimum absolute atomic E-state index is 0.0220. The fourth-order valence-corrected chi connectivity index (χ4v) is 2.99. The minimum atomic E-state index is -0.369. The summed E-state index contributed by atoms with van der Waals surface area (Å²) in [4.78, 5) is 16.6. The monoisotopic (exact) mass is 322 g/mol. The lowest BCUT2D eigenvalue weighted by atomic mass is 9.98. The molecule has 0 bridgehead atoms. The first-order valence-corrected chi connectivity index (χ1v) is 7.99. The zero-order chi connectivity index (χ0) is 16.4. The molecular weight excluding hydrogens is 299 g/mol. The largest absolute Gasteiger partial charge is 0.378 e. The number of hydrogen-bond acceptors (Lipinski definition) is 3. The fourth-order valence-electron chi connectivity index (χ4n) is 2.99. The summed E-state index contributed by atoms with van der Waals surface area (Å²) in [6.07, 6.45) is -0.228. The van der Waals surface area contributed by atoms with Crippen LogP contribution in [-0.4, -0.2) is 60.8 Å². The van der Waals surface area contributed by atoms with Crippen LogP contribution < -0.4 is 0 Å². The summed E-state index contributed by atoms with van der Waals surface area (Å²) in [5.74, 6) is -0.272. The molecule has 3 rings (SSSR count). The molecule has 1 aromatic carbocycles. The summed E-state index contributed by atoms with van der Waals surface area (Å²) >= 11 is 0. The van der Waals surface area contributed by atoms with Crippen molar-refractivity contribution in [1.29, 1.82) is 0 Å². The molecule has 0 radical (unpaired) electrons. The van der Waals surface area contributed by atoms with Gasteiger partial charge in [-0.2, -0.15) is 0 Å². The van der Waals surface area contributed by atoms with E-state index in [1.54, 1.807) is 12.1 Å². The molecule has 1 unspecified atom stereocenters. The predicted octanol–water partition coefficient (Wildman–Crippen LogP) is 2.43. The van der Waals surface area contributed by atoms with Crippen molar-refractivity contribution in [1.82, 2.24) is 9.80 Å². The number of carbonyl (C=O) groups is 1. The van der Waals surface area contributed by atoms with Crippen LogP contribution in [0.15, 0.2) is 24.3 Å². The van der Waals surface area contributed by atoms with Gasteiger partial charge in [0.1, 0.15) is 11.9 Å². The Hall–Kier alpha value is -1.66. The highest BCUT2D eigenvalue weighted by Gasteiger charge is 2.40. The van der Waals surface area contributed by atoms with E-state index in [1.807, 2.05) is 23.6 Å². The van der Waals surface area contributed by atoms with Gasteiger partial charge >= 0.3 is 6.03 Å². The van der Waals surface area contributed by atoms with Crippen LogP contribution in [0.1, 0.15) is 25.5 Å². The minimum Gasteiger partial charge on any atom is -0.378 e. The number of nitrogens with zero attached hydrogens (tertiary/aromatic N) is 2. The third-order valence-electron chi connectivity index (χ3n) is 4.47. The number of benzene rings is 1. The molecule has 0 saturated carbocycles. The molecule has 5 nitrogen and oxygen atoms in total. The van der Waals surface area contributed by atoms with Gasteiger partial charge in [0.2, 0.25) is 0 Å². The van der Waals surface area contributed by atoms with Gasteiger partial charge < -0.3 is 19.3 Å². The summed E-state index contributed by atoms with van der Waals surface area (Å²) in [6.45, 7) is 7.33. The average molecular weight is 322 g/mol. The first kappa shape index (κ1) is 16.2. The van der Waals surface area contributed by atoms with E-state index in [0.29, 0.717) is 39.5 Å². The van der Waals surface area contributed by atoms with Gasteiger partial charge in [0.25, 0.3) is 0 Å². The highest BCUT2D eigenvalue weighted by molar-refractivity contribution is 5.75. The molecule has 2 saturated heterocycles. The van der Waals surface area contributed by atoms with Crippen LogP contribution in [0.2, 0.25) is 0 Å². The molecule has 0 N–H and O–H groups in total. The molecule has 0 aliphatic carbocycles. The highest BCUT2D eigenvalue weighted by Crippen LogP contribution is 2.31. The van der Waals surface area contributed by atoms with Gasteiger partial charge in [-0.3, -0.25) is 0 Å². The van der Waals surface area contributed by atoms with E-state index in [4.69, 9.17) is 9.47 Å². The van der Waals surface area contributed by atoms with Gasteiger partial charge in [0, 0.05) is 13.1 Å². The SMILES string of the molecule is CC1(C)COC(c2ccc(F)cc2)CN1C(=O)N1CCOCC1. The van der Waals surface area contributed by atoms with Crippen molar-refractivity contribution in [3.63, 3.8) is 0 Å². The third-order valence-corrected chi connectivity index (χ3v) is 4.47. The molecule has 1 aromatic rings. The third kappa shape index (κ3) is 3.48. The molecular formula is C17H23FN2O3. The molecule has 23 heavy (non-hydrogen) atoms. The number of halogens is 1. The van der Waals surface area contributed by atoms with Crippen molar-refractivity contribution >= 4 is 6.03 Å². The number of amides is 2. The van der Waals surface area contributed by atoms with Crippen LogP contribution in [-0.2, 0) is 9.47 Å². The highest BCUT2D eigenvalue weighted by atomic mass is 19.1. The molecule has 6 heteroatoms. The van der Waals surface area contributed by atoms with E-state index >= 15 is 0 Å². The van der Waals surface area contributed by atoms with Gasteiger partial charge in [0.05, 0.1) is 31.9 Å². The maximum atomic E-state index is 13.1. The first-order valence-electron chi connectivity index (χ1n) is 7.99. The molecule has 0 aromatic heterocycles. The summed E-state index contributed by atoms with van der Waals surface area (Å²) in [5.41, 5.74) is 0.521. The van der Waals surface area contributed by atoms with Crippen molar-refractivity contribution < 1.29 is 18.7 Å². The standard InChI is InChI=1S/C17H23FN2O3/c1-17(2)12-23-15(13-3-5-14(18)6-4-13)11-20(17)16(21)19-7-9-22-10-8-19/h3-6,15H,7-12H2,1-2H3. The molecule has 2 aliphatic rings. The second kappa shape index (κ2) is 6.45. The quantitative estimate of drug-likeness (QED) is 0.797. The average Bonchev–Trinajstić information content (AvgIpc) is 2.56. The van der Waals surface area contributed by atoms with Gasteiger partial charge in [-0.25, -0.2) is 9.18 Å². The molecule has 0 spiro atoms. The Balaban J connectivity index is 1.76. The lowest BCUT2D eigenvalue weighted by Gasteiger charge is -2.47. The first-order chi connectivity index (χ1) is 11.0. The fraction of sp³-hybridized carbons (Fsp3) is 0.588. The zero-order valence-corrected chi connectivity index (χ0v) is 13.6. The smallest absolute Gasteiger partial charge is 0.320 e. The molecule has 126 valence electrons. The number of ether oxygens (including phenoxy) is 2. The van der Waals surface area contributed by atoms with Crippen LogP contribution in [0, 0.1) is 5.82 Å². The van der Waals surface area contributed by atoms with Gasteiger partial charge in [-0.1, -0.05) is 12.1 Å². The predicted molar refractivity (Wildman–Crippen MR) is 83.7 cm³/mol. The lowest BCUT2D eigenvalue weighted by molar-refractivity contribution is -0.0878. The summed E-state index contributed by atoms with van der Waals surface area (Å²) in [7, 11) is 0. The Kier molecular flexibility index (Phi) is 4.55. The summed E-state index contributed by atoms with van der Waals surface area (Å²) in [6, 6.07) is 6.30. The summed E-state index contributed by atoms with van der Waals surface area (Å²) in [5, 5.41) is 0. The molecule has 2 amide bonds. The van der Waals surface area contributed by atoms with Gasteiger partial charge in [0.15, 0.2) is 0 Å². The number of carbonyl (C=O) groups excluding carboxylic acids is 1. The Bertz CT molecular complexity index is 555. The lowest BCUT2D eigenvalue weighted by Crippen LogP contribution is -2.60. The second-order valence-corrected chi connectivity index (χ2v) is 6.66. The van der Waals surface area contributed by atoms with E-state index < -0.39 is 0 Å². The molecule has 2 fully saturated rings. The Morgan fingerprint density at radius 1 is 1.22 bits per heavy atom. The van der Waals surface area contributed by atoms with Crippen molar-refractivity contribution in [2.45, 2.75) is 25.5 Å². The van der Waals surface area contributed by atoms with Crippen molar-refractivity contribution in [3.05, 3.63) is 35.6 Å². The number of urea groups is 1. The van der Waals surface area contributed by atoms with Crippen LogP contribution in [0.5, 0.6) is 0 Å². The Morgan fingerprint density at radius 3 is 2.52 bits per heavy atom. The van der Waals surface area contributed by atoms with Crippen molar-refractivity contribution in [2.24, 2.45) is 0 Å². The van der Waals surface area contributed by atoms with Crippen LogP contribution in [0.4, 0.5) is 9.18 Å². The zero-order valence-electron chi connectivity index (χ0n) is 13.6. The molecule has 1 atom stereocenters. The van der Waals surface area contributed by atoms with Crippen LogP contribution >= 0.6 is 0 Å².